The number of aryl methyl sites for hydroxylation is 1. The molecule has 0 aromatic heterocycles. The van der Waals surface area contributed by atoms with E-state index in [2.05, 4.69) is 73.7 Å². The van der Waals surface area contributed by atoms with Gasteiger partial charge in [-0.2, -0.15) is 0 Å². The molecule has 0 N–H and O–H groups in total. The summed E-state index contributed by atoms with van der Waals surface area (Å²) < 4.78 is 11.5. The first-order chi connectivity index (χ1) is 17.5. The normalized spacial score (nSPS) is 17.8. The highest BCUT2D eigenvalue weighted by Gasteiger charge is 2.30. The summed E-state index contributed by atoms with van der Waals surface area (Å²) in [5.41, 5.74) is 5.34. The zero-order valence-electron chi connectivity index (χ0n) is 21.4. The van der Waals surface area contributed by atoms with E-state index in [-0.39, 0.29) is 18.0 Å². The molecule has 0 spiro atoms. The lowest BCUT2D eigenvalue weighted by Gasteiger charge is -2.33. The molecule has 1 unspecified atom stereocenters. The molecule has 5 rings (SSSR count). The Kier molecular flexibility index (Phi) is 7.09. The Morgan fingerprint density at radius 2 is 1.78 bits per heavy atom. The van der Waals surface area contributed by atoms with Crippen LogP contribution >= 0.6 is 0 Å². The first-order valence-electron chi connectivity index (χ1n) is 13.0. The summed E-state index contributed by atoms with van der Waals surface area (Å²) in [7, 11) is 1.44. The molecule has 1 aliphatic rings. The minimum absolute atomic E-state index is 0.146. The van der Waals surface area contributed by atoms with Crippen LogP contribution in [-0.4, -0.2) is 19.2 Å². The number of ether oxygens (including phenoxy) is 2. The molecule has 184 valence electrons. The number of rotatable bonds is 7. The minimum Gasteiger partial charge on any atom is -0.490 e. The van der Waals surface area contributed by atoms with Gasteiger partial charge in [-0.05, 0) is 78.1 Å². The minimum atomic E-state index is -0.284. The first kappa shape index (κ1) is 24.1. The van der Waals surface area contributed by atoms with Crippen LogP contribution < -0.4 is 4.74 Å². The third-order valence-electron chi connectivity index (χ3n) is 7.67. The van der Waals surface area contributed by atoms with E-state index in [9.17, 15) is 4.79 Å². The third kappa shape index (κ3) is 4.88. The Labute approximate surface area is 214 Å². The number of hydrogen-bond acceptors (Lipinski definition) is 3. The fraction of sp³-hybridized carbons (Fsp3) is 0.303. The van der Waals surface area contributed by atoms with Gasteiger partial charge in [0.15, 0.2) is 0 Å². The van der Waals surface area contributed by atoms with Gasteiger partial charge in [-0.3, -0.25) is 0 Å². The Hall–Kier alpha value is -3.59. The summed E-state index contributed by atoms with van der Waals surface area (Å²) in [6.45, 7) is 4.29. The van der Waals surface area contributed by atoms with E-state index in [0.717, 1.165) is 42.6 Å². The van der Waals surface area contributed by atoms with Crippen LogP contribution in [-0.2, 0) is 4.74 Å². The van der Waals surface area contributed by atoms with Gasteiger partial charge < -0.3 is 9.47 Å². The standard InChI is InChI=1S/C33H34O3/c1-22(27-16-9-12-24-11-4-5-14-28(24)27)10-8-13-26-21-31(29-15-6-7-17-32(29)36-26)25-19-18-23(2)30(20-25)33(34)35-3/h4-7,9,11-12,14-20,22,26,31H,8,10,13,21H2,1-3H3/t22-,26-,31?/m0/s1. The van der Waals surface area contributed by atoms with Crippen molar-refractivity contribution >= 4 is 16.7 Å². The van der Waals surface area contributed by atoms with Crippen molar-refractivity contribution in [2.75, 3.05) is 7.11 Å². The molecule has 0 saturated carbocycles. The zero-order chi connectivity index (χ0) is 25.1. The van der Waals surface area contributed by atoms with Crippen molar-refractivity contribution in [3.8, 4) is 5.75 Å². The molecule has 4 aromatic carbocycles. The zero-order valence-corrected chi connectivity index (χ0v) is 21.4. The molecule has 0 amide bonds. The van der Waals surface area contributed by atoms with E-state index < -0.39 is 0 Å². The fourth-order valence-electron chi connectivity index (χ4n) is 5.66. The largest absolute Gasteiger partial charge is 0.490 e. The number of esters is 1. The van der Waals surface area contributed by atoms with Crippen molar-refractivity contribution in [1.29, 1.82) is 0 Å². The molecular weight excluding hydrogens is 444 g/mol. The molecule has 0 bridgehead atoms. The molecule has 3 heteroatoms. The maximum Gasteiger partial charge on any atom is 0.338 e. The molecule has 1 heterocycles. The molecule has 0 aliphatic carbocycles. The van der Waals surface area contributed by atoms with Gasteiger partial charge in [-0.25, -0.2) is 4.79 Å². The average Bonchev–Trinajstić information content (AvgIpc) is 2.92. The lowest BCUT2D eigenvalue weighted by molar-refractivity contribution is 0.0599. The summed E-state index contributed by atoms with van der Waals surface area (Å²) in [6.07, 6.45) is 4.29. The second-order valence-corrected chi connectivity index (χ2v) is 10.0. The van der Waals surface area contributed by atoms with Gasteiger partial charge in [-0.1, -0.05) is 79.7 Å². The van der Waals surface area contributed by atoms with Crippen molar-refractivity contribution in [3.05, 3.63) is 113 Å². The van der Waals surface area contributed by atoms with Gasteiger partial charge in [-0.15, -0.1) is 0 Å². The van der Waals surface area contributed by atoms with Crippen LogP contribution in [0.25, 0.3) is 10.8 Å². The third-order valence-corrected chi connectivity index (χ3v) is 7.67. The fourth-order valence-corrected chi connectivity index (χ4v) is 5.66. The molecule has 0 radical (unpaired) electrons. The number of carbonyl (C=O) groups is 1. The number of para-hydroxylation sites is 1. The molecular formula is C33H34O3. The van der Waals surface area contributed by atoms with E-state index in [1.165, 1.54) is 29.0 Å². The second kappa shape index (κ2) is 10.6. The van der Waals surface area contributed by atoms with Gasteiger partial charge in [0, 0.05) is 11.5 Å². The Morgan fingerprint density at radius 1 is 1.00 bits per heavy atom. The molecule has 1 aliphatic heterocycles. The van der Waals surface area contributed by atoms with E-state index in [1.807, 2.05) is 25.1 Å². The maximum atomic E-state index is 12.3. The number of fused-ring (bicyclic) bond motifs is 2. The summed E-state index contributed by atoms with van der Waals surface area (Å²) in [4.78, 5) is 12.3. The highest BCUT2D eigenvalue weighted by molar-refractivity contribution is 5.91. The van der Waals surface area contributed by atoms with Crippen LogP contribution in [0.2, 0.25) is 0 Å². The lowest BCUT2D eigenvalue weighted by Crippen LogP contribution is -2.26. The van der Waals surface area contributed by atoms with E-state index >= 15 is 0 Å². The highest BCUT2D eigenvalue weighted by atomic mass is 16.5. The van der Waals surface area contributed by atoms with Crippen molar-refractivity contribution in [2.24, 2.45) is 0 Å². The summed E-state index contributed by atoms with van der Waals surface area (Å²) in [6, 6.07) is 29.8. The number of carbonyl (C=O) groups excluding carboxylic acids is 1. The van der Waals surface area contributed by atoms with Crippen LogP contribution in [0.3, 0.4) is 0 Å². The van der Waals surface area contributed by atoms with Crippen LogP contribution in [0.5, 0.6) is 5.75 Å². The van der Waals surface area contributed by atoms with Crippen molar-refractivity contribution < 1.29 is 14.3 Å². The van der Waals surface area contributed by atoms with E-state index in [4.69, 9.17) is 9.47 Å². The van der Waals surface area contributed by atoms with Gasteiger partial charge in [0.25, 0.3) is 0 Å². The Morgan fingerprint density at radius 3 is 2.64 bits per heavy atom. The van der Waals surface area contributed by atoms with Crippen molar-refractivity contribution in [3.63, 3.8) is 0 Å². The second-order valence-electron chi connectivity index (χ2n) is 10.0. The van der Waals surface area contributed by atoms with Gasteiger partial charge in [0.05, 0.1) is 18.8 Å². The summed E-state index contributed by atoms with van der Waals surface area (Å²) >= 11 is 0. The van der Waals surface area contributed by atoms with Crippen LogP contribution in [0, 0.1) is 6.92 Å². The van der Waals surface area contributed by atoms with Crippen molar-refractivity contribution in [2.45, 2.75) is 57.5 Å². The number of benzene rings is 4. The Balaban J connectivity index is 1.32. The number of methoxy groups -OCH3 is 1. The predicted molar refractivity (Wildman–Crippen MR) is 146 cm³/mol. The molecule has 36 heavy (non-hydrogen) atoms. The molecule has 3 atom stereocenters. The highest BCUT2D eigenvalue weighted by Crippen LogP contribution is 2.42. The number of hydrogen-bond donors (Lipinski definition) is 0. The molecule has 4 aromatic rings. The molecule has 3 nitrogen and oxygen atoms in total. The molecule has 0 fully saturated rings. The topological polar surface area (TPSA) is 35.5 Å². The van der Waals surface area contributed by atoms with Crippen LogP contribution in [0.15, 0.2) is 84.9 Å². The van der Waals surface area contributed by atoms with Crippen molar-refractivity contribution in [1.82, 2.24) is 0 Å². The van der Waals surface area contributed by atoms with Gasteiger partial charge in [0.2, 0.25) is 0 Å². The first-order valence-corrected chi connectivity index (χ1v) is 13.0. The lowest BCUT2D eigenvalue weighted by atomic mass is 9.82. The van der Waals surface area contributed by atoms with E-state index in [0.29, 0.717) is 11.5 Å². The molecule has 0 saturated heterocycles. The summed E-state index contributed by atoms with van der Waals surface area (Å²) in [5, 5.41) is 2.66. The maximum absolute atomic E-state index is 12.3. The van der Waals surface area contributed by atoms with E-state index in [1.54, 1.807) is 0 Å². The van der Waals surface area contributed by atoms with Crippen LogP contribution in [0.1, 0.15) is 77.1 Å². The van der Waals surface area contributed by atoms with Gasteiger partial charge >= 0.3 is 5.97 Å². The quantitative estimate of drug-likeness (QED) is 0.251. The van der Waals surface area contributed by atoms with Crippen LogP contribution in [0.4, 0.5) is 0 Å². The monoisotopic (exact) mass is 478 g/mol. The average molecular weight is 479 g/mol. The predicted octanol–water partition coefficient (Wildman–Crippen LogP) is 8.19. The summed E-state index contributed by atoms with van der Waals surface area (Å²) in [5.74, 6) is 1.36. The SMILES string of the molecule is COC(=O)c1cc(C2C[C@H](CCC[C@H](C)c3cccc4ccccc34)Oc3ccccc32)ccc1C. The smallest absolute Gasteiger partial charge is 0.338 e. The van der Waals surface area contributed by atoms with Gasteiger partial charge in [0.1, 0.15) is 5.75 Å². The Bertz CT molecular complexity index is 1370.